The molecule has 1 saturated heterocycles. The second kappa shape index (κ2) is 14.3. The van der Waals surface area contributed by atoms with Crippen molar-refractivity contribution in [1.29, 1.82) is 0 Å². The number of amides is 2. The molecule has 2 aromatic heterocycles. The van der Waals surface area contributed by atoms with Crippen LogP contribution < -0.4 is 24.4 Å². The van der Waals surface area contributed by atoms with E-state index in [1.165, 1.54) is 11.3 Å². The summed E-state index contributed by atoms with van der Waals surface area (Å²) >= 11 is 0.0469. The number of aromatic nitrogens is 1. The van der Waals surface area contributed by atoms with E-state index in [9.17, 15) is 26.8 Å². The monoisotopic (exact) mass is 730 g/mol. The van der Waals surface area contributed by atoms with Gasteiger partial charge in [-0.15, -0.1) is 0 Å². The van der Waals surface area contributed by atoms with E-state index in [2.05, 4.69) is 14.6 Å². The van der Waals surface area contributed by atoms with Crippen molar-refractivity contribution in [3.63, 3.8) is 0 Å². The number of likely N-dealkylation sites (tertiary alicyclic amines) is 1. The molecule has 0 aliphatic carbocycles. The Kier molecular flexibility index (Phi) is 10.4. The van der Waals surface area contributed by atoms with Gasteiger partial charge in [0.25, 0.3) is 0 Å². The number of rotatable bonds is 11. The van der Waals surface area contributed by atoms with Gasteiger partial charge in [0.2, 0.25) is 10.0 Å². The van der Waals surface area contributed by atoms with Gasteiger partial charge in [0.05, 0.1) is 6.26 Å². The zero-order valence-electron chi connectivity index (χ0n) is 24.9. The Balaban J connectivity index is 1.21. The molecule has 5 rings (SSSR count). The van der Waals surface area contributed by atoms with Crippen LogP contribution in [0.5, 0.6) is 11.6 Å². The Labute approximate surface area is 276 Å². The van der Waals surface area contributed by atoms with E-state index in [-0.39, 0.29) is 15.1 Å². The summed E-state index contributed by atoms with van der Waals surface area (Å²) in [6.07, 6.45) is 2.47. The van der Waals surface area contributed by atoms with E-state index >= 15 is 0 Å². The van der Waals surface area contributed by atoms with Crippen LogP contribution in [0.2, 0.25) is 0 Å². The van der Waals surface area contributed by atoms with Gasteiger partial charge in [0, 0.05) is 5.69 Å². The Bertz CT molecular complexity index is 1830. The predicted octanol–water partition coefficient (Wildman–Crippen LogP) is 4.61. The van der Waals surface area contributed by atoms with Gasteiger partial charge in [-0.05, 0) is 24.3 Å². The number of primary amides is 1. The molecular formula is C31H31AsF2N5O5S2. The average Bonchev–Trinajstić information content (AvgIpc) is 3.51. The van der Waals surface area contributed by atoms with Crippen LogP contribution in [0, 0.1) is 18.6 Å². The molecule has 1 radical (unpaired) electrons. The Morgan fingerprint density at radius 1 is 1.11 bits per heavy atom. The summed E-state index contributed by atoms with van der Waals surface area (Å²) in [4.78, 5) is 33.8. The fraction of sp³-hybridized carbons (Fsp3) is 0.258. The van der Waals surface area contributed by atoms with Crippen LogP contribution in [0.3, 0.4) is 0 Å². The third-order valence-electron chi connectivity index (χ3n) is 7.37. The number of pyridine rings is 1. The maximum atomic E-state index is 14.6. The number of benzene rings is 2. The third kappa shape index (κ3) is 8.49. The molecule has 2 aromatic carbocycles. The van der Waals surface area contributed by atoms with Gasteiger partial charge in [-0.2, -0.15) is 0 Å². The molecular weight excluding hydrogens is 699 g/mol. The second-order valence-corrected chi connectivity index (χ2v) is 15.6. The van der Waals surface area contributed by atoms with Gasteiger partial charge in [0.1, 0.15) is 5.75 Å². The molecule has 0 saturated carbocycles. The Morgan fingerprint density at radius 2 is 1.83 bits per heavy atom. The molecule has 0 atom stereocenters. The van der Waals surface area contributed by atoms with E-state index in [4.69, 9.17) is 10.5 Å². The van der Waals surface area contributed by atoms with Crippen molar-refractivity contribution in [2.75, 3.05) is 29.0 Å². The van der Waals surface area contributed by atoms with Crippen LogP contribution in [0.1, 0.15) is 34.5 Å². The molecule has 4 aromatic rings. The molecule has 0 bridgehead atoms. The molecule has 0 spiro atoms. The van der Waals surface area contributed by atoms with Gasteiger partial charge in [0.15, 0.2) is 0 Å². The van der Waals surface area contributed by atoms with Crippen molar-refractivity contribution >= 4 is 63.4 Å². The number of aryl methyl sites for hydroxylation is 1. The van der Waals surface area contributed by atoms with Gasteiger partial charge in [-0.1, -0.05) is 0 Å². The number of nitrogens with zero attached hydrogens (tertiary/aromatic N) is 3. The number of carbonyl (C=O) groups excluding carboxylic acids is 2. The third-order valence-corrected chi connectivity index (χ3v) is 10.7. The first-order valence-electron chi connectivity index (χ1n) is 14.2. The van der Waals surface area contributed by atoms with E-state index < -0.39 is 48.9 Å². The van der Waals surface area contributed by atoms with Crippen LogP contribution in [-0.2, 0) is 16.6 Å². The van der Waals surface area contributed by atoms with Gasteiger partial charge < -0.3 is 0 Å². The first-order valence-corrected chi connectivity index (χ1v) is 18.9. The predicted molar refractivity (Wildman–Crippen MR) is 175 cm³/mol. The van der Waals surface area contributed by atoms with Crippen LogP contribution in [0.25, 0.3) is 0 Å². The second-order valence-electron chi connectivity index (χ2n) is 10.8. The minimum atomic E-state index is -3.37. The molecule has 2 amide bonds. The molecule has 3 heterocycles. The topological polar surface area (TPSA) is 135 Å². The van der Waals surface area contributed by atoms with Crippen LogP contribution in [-0.4, -0.2) is 70.0 Å². The van der Waals surface area contributed by atoms with Crippen LogP contribution >= 0.6 is 11.3 Å². The fourth-order valence-electron chi connectivity index (χ4n) is 5.13. The molecule has 3 N–H and O–H groups in total. The number of hydrogen-bond acceptors (Lipinski definition) is 8. The average molecular weight is 731 g/mol. The summed E-state index contributed by atoms with van der Waals surface area (Å²) in [6.45, 7) is 4.01. The molecule has 10 nitrogen and oxygen atoms in total. The summed E-state index contributed by atoms with van der Waals surface area (Å²) in [5, 5.41) is 3.75. The van der Waals surface area contributed by atoms with Crippen LogP contribution in [0.15, 0.2) is 65.4 Å². The number of thiophene rings is 1. The van der Waals surface area contributed by atoms with Gasteiger partial charge in [-0.25, -0.2) is 8.42 Å². The summed E-state index contributed by atoms with van der Waals surface area (Å²) in [5.41, 5.74) is 7.82. The van der Waals surface area contributed by atoms with Gasteiger partial charge >= 0.3 is 212 Å². The van der Waals surface area contributed by atoms with Crippen molar-refractivity contribution in [1.82, 2.24) is 9.88 Å². The van der Waals surface area contributed by atoms with E-state index in [0.717, 1.165) is 42.4 Å². The molecule has 46 heavy (non-hydrogen) atoms. The number of ether oxygens (including phenoxy) is 1. The first-order chi connectivity index (χ1) is 21.9. The first kappa shape index (κ1) is 33.5. The molecule has 241 valence electrons. The van der Waals surface area contributed by atoms with Gasteiger partial charge in [-0.3, -0.25) is 4.72 Å². The fourth-order valence-corrected chi connectivity index (χ4v) is 8.34. The number of halogens is 2. The SMILES string of the molecule is Cc1nc(Oc2ccc(NS(C)(=O)=O)cc2)ccc1CN1CCC(N(C(=O)[As]c2cc(C(N)=O)c(F)cc2F)c2ccsc2)CC1. The molecule has 1 aliphatic heterocycles. The number of hydrogen-bond donors (Lipinski definition) is 2. The van der Waals surface area contributed by atoms with E-state index in [0.29, 0.717) is 42.8 Å². The molecule has 1 aliphatic rings. The Morgan fingerprint density at radius 3 is 2.43 bits per heavy atom. The van der Waals surface area contributed by atoms with E-state index in [1.807, 2.05) is 29.8 Å². The van der Waals surface area contributed by atoms with Crippen molar-refractivity contribution in [3.8, 4) is 11.6 Å². The summed E-state index contributed by atoms with van der Waals surface area (Å²) in [5.74, 6) is -2.00. The quantitative estimate of drug-likeness (QED) is 0.215. The number of piperidine rings is 1. The van der Waals surface area contributed by atoms with Crippen molar-refractivity contribution in [2.45, 2.75) is 32.4 Å². The minimum absolute atomic E-state index is 0.00508. The number of nitrogens with one attached hydrogen (secondary N) is 1. The summed E-state index contributed by atoms with van der Waals surface area (Å²) in [7, 11) is -3.37. The van der Waals surface area contributed by atoms with Crippen molar-refractivity contribution in [2.24, 2.45) is 5.73 Å². The van der Waals surface area contributed by atoms with Crippen LogP contribution in [0.4, 0.5) is 25.0 Å². The number of carbonyl (C=O) groups is 2. The standard InChI is InChI=1S/C31H31AsF2N5O5S2/c1-19-20(3-8-29(36-19)44-24-6-4-21(5-7-24)37-46(2,42)43)17-38-12-9-22(10-13-38)39(23-11-14-45-18-23)31(41)32-26-15-25(30(35)40)27(33)16-28(26)34/h3-8,11,14-16,18,22,37H,9-10,12-13,17H2,1-2H3,(H2,35,40). The normalized spacial score (nSPS) is 14.4. The zero-order chi connectivity index (χ0) is 33.0. The maximum absolute atomic E-state index is 14.6. The summed E-state index contributed by atoms with van der Waals surface area (Å²) < 4.78 is 59.5. The Hall–Kier alpha value is -3.84. The van der Waals surface area contributed by atoms with E-state index in [1.54, 1.807) is 35.2 Å². The van der Waals surface area contributed by atoms with Crippen molar-refractivity contribution in [3.05, 3.63) is 93.8 Å². The number of sulfonamides is 1. The molecule has 0 unspecified atom stereocenters. The zero-order valence-corrected chi connectivity index (χ0v) is 28.5. The molecule has 1 fully saturated rings. The number of nitrogens with two attached hydrogens (primary N) is 1. The molecule has 15 heteroatoms. The van der Waals surface area contributed by atoms with Crippen molar-refractivity contribution < 1.29 is 31.5 Å². The number of anilines is 2. The summed E-state index contributed by atoms with van der Waals surface area (Å²) in [6, 6.07) is 13.7.